The molecule has 0 saturated heterocycles. The highest BCUT2D eigenvalue weighted by Gasteiger charge is 2.06. The summed E-state index contributed by atoms with van der Waals surface area (Å²) in [7, 11) is 1.73. The van der Waals surface area contributed by atoms with Crippen molar-refractivity contribution >= 4 is 0 Å². The van der Waals surface area contributed by atoms with Crippen LogP contribution in [0, 0.1) is 0 Å². The Bertz CT molecular complexity index is 334. The number of methoxy groups -OCH3 is 1. The molecule has 0 aromatic carbocycles. The predicted molar refractivity (Wildman–Crippen MR) is 64.1 cm³/mol. The van der Waals surface area contributed by atoms with Gasteiger partial charge in [0.2, 0.25) is 0 Å². The topological polar surface area (TPSA) is 21.3 Å². The fraction of sp³-hybridized carbons (Fsp3) is 0.385. The van der Waals surface area contributed by atoms with Crippen LogP contribution in [-0.4, -0.2) is 7.11 Å². The normalized spacial score (nSPS) is 29.0. The molecule has 0 unspecified atom stereocenters. The molecule has 15 heavy (non-hydrogen) atoms. The van der Waals surface area contributed by atoms with E-state index < -0.39 is 0 Å². The summed E-state index contributed by atoms with van der Waals surface area (Å²) in [5.74, 6) is 1.07. The van der Waals surface area contributed by atoms with E-state index in [1.807, 2.05) is 0 Å². The fourth-order valence-corrected chi connectivity index (χ4v) is 1.60. The van der Waals surface area contributed by atoms with E-state index in [9.17, 15) is 0 Å². The Hall–Kier alpha value is -1.44. The van der Waals surface area contributed by atoms with Gasteiger partial charge in [0.25, 0.3) is 0 Å². The summed E-state index contributed by atoms with van der Waals surface area (Å²) in [6.45, 7) is 7.88. The second-order valence-electron chi connectivity index (χ2n) is 3.67. The van der Waals surface area contributed by atoms with Crippen LogP contribution in [0.1, 0.15) is 26.7 Å². The Morgan fingerprint density at radius 2 is 2.07 bits per heavy atom. The number of ether oxygens (including phenoxy) is 1. The Labute approximate surface area is 92.0 Å². The van der Waals surface area contributed by atoms with E-state index in [0.717, 1.165) is 24.3 Å². The summed E-state index contributed by atoms with van der Waals surface area (Å²) in [5.41, 5.74) is 3.65. The molecule has 0 radical (unpaired) electrons. The first-order chi connectivity index (χ1) is 7.19. The van der Waals surface area contributed by atoms with Crippen molar-refractivity contribution in [3.8, 4) is 0 Å². The first-order valence-electron chi connectivity index (χ1n) is 5.16. The maximum atomic E-state index is 5.35. The lowest BCUT2D eigenvalue weighted by atomic mass is 10.0. The van der Waals surface area contributed by atoms with Crippen LogP contribution >= 0.6 is 0 Å². The van der Waals surface area contributed by atoms with Gasteiger partial charge in [-0.3, -0.25) is 0 Å². The van der Waals surface area contributed by atoms with Gasteiger partial charge in [0, 0.05) is 12.1 Å². The van der Waals surface area contributed by atoms with Gasteiger partial charge < -0.3 is 10.1 Å². The lowest BCUT2D eigenvalue weighted by Crippen LogP contribution is -2.07. The average Bonchev–Trinajstić information content (AvgIpc) is 2.23. The summed E-state index contributed by atoms with van der Waals surface area (Å²) in [5, 5.41) is 3.15. The number of allylic oxidation sites excluding steroid dienone is 4. The highest BCUT2D eigenvalue weighted by molar-refractivity contribution is 5.33. The van der Waals surface area contributed by atoms with Gasteiger partial charge in [0.15, 0.2) is 0 Å². The molecule has 0 bridgehead atoms. The zero-order valence-electron chi connectivity index (χ0n) is 9.76. The van der Waals surface area contributed by atoms with Crippen molar-refractivity contribution < 1.29 is 4.74 Å². The monoisotopic (exact) mass is 205 g/mol. The minimum Gasteiger partial charge on any atom is -0.501 e. The Morgan fingerprint density at radius 1 is 1.33 bits per heavy atom. The largest absolute Gasteiger partial charge is 0.501 e. The van der Waals surface area contributed by atoms with Crippen LogP contribution < -0.4 is 5.32 Å². The lowest BCUT2D eigenvalue weighted by Gasteiger charge is -2.14. The second kappa shape index (κ2) is 5.44. The molecule has 0 fully saturated rings. The molecule has 0 spiro atoms. The molecule has 2 heteroatoms. The van der Waals surface area contributed by atoms with E-state index in [0.29, 0.717) is 0 Å². The third kappa shape index (κ3) is 3.01. The maximum absolute atomic E-state index is 5.35. The minimum atomic E-state index is 0.865. The molecule has 1 rings (SSSR count). The summed E-state index contributed by atoms with van der Waals surface area (Å²) in [6, 6.07) is 0. The van der Waals surface area contributed by atoms with Gasteiger partial charge in [-0.1, -0.05) is 18.7 Å². The van der Waals surface area contributed by atoms with Crippen molar-refractivity contribution in [3.05, 3.63) is 47.5 Å². The van der Waals surface area contributed by atoms with Crippen molar-refractivity contribution in [1.82, 2.24) is 5.32 Å². The Kier molecular flexibility index (Phi) is 4.22. The van der Waals surface area contributed by atoms with E-state index in [1.165, 1.54) is 11.1 Å². The third-order valence-corrected chi connectivity index (χ3v) is 2.61. The first kappa shape index (κ1) is 11.6. The molecule has 0 saturated carbocycles. The second-order valence-corrected chi connectivity index (χ2v) is 3.67. The highest BCUT2D eigenvalue weighted by atomic mass is 16.5. The van der Waals surface area contributed by atoms with Gasteiger partial charge in [-0.25, -0.2) is 0 Å². The van der Waals surface area contributed by atoms with Crippen molar-refractivity contribution in [2.24, 2.45) is 0 Å². The van der Waals surface area contributed by atoms with Gasteiger partial charge in [-0.15, -0.1) is 0 Å². The molecule has 0 aromatic rings. The molecule has 0 amide bonds. The zero-order valence-corrected chi connectivity index (χ0v) is 9.76. The highest BCUT2D eigenvalue weighted by Crippen LogP contribution is 2.21. The lowest BCUT2D eigenvalue weighted by molar-refractivity contribution is 0.279. The van der Waals surface area contributed by atoms with E-state index in [1.54, 1.807) is 13.3 Å². The Morgan fingerprint density at radius 3 is 2.67 bits per heavy atom. The molecule has 82 valence electrons. The summed E-state index contributed by atoms with van der Waals surface area (Å²) in [4.78, 5) is 0. The fourth-order valence-electron chi connectivity index (χ4n) is 1.60. The van der Waals surface area contributed by atoms with E-state index in [4.69, 9.17) is 4.74 Å². The first-order valence-corrected chi connectivity index (χ1v) is 5.16. The number of hydrogen-bond acceptors (Lipinski definition) is 2. The van der Waals surface area contributed by atoms with Crippen LogP contribution in [0.25, 0.3) is 0 Å². The average molecular weight is 205 g/mol. The quantitative estimate of drug-likeness (QED) is 0.763. The van der Waals surface area contributed by atoms with E-state index in [2.05, 4.69) is 37.9 Å². The molecule has 1 N–H and O–H groups in total. The summed E-state index contributed by atoms with van der Waals surface area (Å²) < 4.78 is 5.35. The molecule has 0 aliphatic heterocycles. The van der Waals surface area contributed by atoms with E-state index >= 15 is 0 Å². The van der Waals surface area contributed by atoms with Gasteiger partial charge >= 0.3 is 0 Å². The number of rotatable bonds is 3. The maximum Gasteiger partial charge on any atom is 0.0985 e. The Balaban J connectivity index is 2.94. The van der Waals surface area contributed by atoms with Crippen molar-refractivity contribution in [2.75, 3.05) is 7.11 Å². The SMILES string of the molecule is C=CNC1=C/C/C(C)=C(/OC)C/C=C\1C. The van der Waals surface area contributed by atoms with Crippen LogP contribution in [0.5, 0.6) is 0 Å². The van der Waals surface area contributed by atoms with Gasteiger partial charge in [0.05, 0.1) is 12.9 Å². The molecule has 0 aromatic heterocycles. The van der Waals surface area contributed by atoms with Gasteiger partial charge in [-0.05, 0) is 37.6 Å². The molecular weight excluding hydrogens is 186 g/mol. The van der Waals surface area contributed by atoms with Gasteiger partial charge in [0.1, 0.15) is 0 Å². The van der Waals surface area contributed by atoms with Crippen LogP contribution in [-0.2, 0) is 4.74 Å². The van der Waals surface area contributed by atoms with Crippen molar-refractivity contribution in [3.63, 3.8) is 0 Å². The molecule has 1 aliphatic rings. The van der Waals surface area contributed by atoms with Crippen LogP contribution in [0.3, 0.4) is 0 Å². The smallest absolute Gasteiger partial charge is 0.0985 e. The standard InChI is InChI=1S/C13H19NO/c1-5-14-12-8-6-11(3)13(15-4)9-7-10(12)2/h5,7-8,14H,1,6,9H2,2-4H3/b10-7-,12-8+,13-11+. The molecule has 0 heterocycles. The van der Waals surface area contributed by atoms with Crippen LogP contribution in [0.15, 0.2) is 47.5 Å². The minimum absolute atomic E-state index is 0.865. The van der Waals surface area contributed by atoms with Crippen LogP contribution in [0.2, 0.25) is 0 Å². The molecule has 2 nitrogen and oxygen atoms in total. The summed E-state index contributed by atoms with van der Waals surface area (Å²) in [6.07, 6.45) is 7.83. The van der Waals surface area contributed by atoms with E-state index in [-0.39, 0.29) is 0 Å². The molecule has 0 atom stereocenters. The van der Waals surface area contributed by atoms with Crippen molar-refractivity contribution in [2.45, 2.75) is 26.7 Å². The van der Waals surface area contributed by atoms with Gasteiger partial charge in [-0.2, -0.15) is 0 Å². The van der Waals surface area contributed by atoms with Crippen molar-refractivity contribution in [1.29, 1.82) is 0 Å². The molecule has 1 aliphatic carbocycles. The summed E-state index contributed by atoms with van der Waals surface area (Å²) >= 11 is 0. The molecular formula is C13H19NO. The predicted octanol–water partition coefficient (Wildman–Crippen LogP) is 3.26. The zero-order chi connectivity index (χ0) is 11.3. The third-order valence-electron chi connectivity index (χ3n) is 2.61. The number of nitrogens with one attached hydrogen (secondary N) is 1. The van der Waals surface area contributed by atoms with Crippen LogP contribution in [0.4, 0.5) is 0 Å². The number of hydrogen-bond donors (Lipinski definition) is 1.